The van der Waals surface area contributed by atoms with Crippen molar-refractivity contribution in [2.24, 2.45) is 0 Å². The highest BCUT2D eigenvalue weighted by Crippen LogP contribution is 2.33. The van der Waals surface area contributed by atoms with Crippen LogP contribution in [-0.4, -0.2) is 96.0 Å². The van der Waals surface area contributed by atoms with Gasteiger partial charge in [0.1, 0.15) is 5.60 Å². The van der Waals surface area contributed by atoms with Crippen molar-refractivity contribution >= 4 is 12.0 Å². The molecule has 2 amide bonds. The van der Waals surface area contributed by atoms with E-state index in [0.29, 0.717) is 0 Å². The fraction of sp³-hybridized carbons (Fsp3) is 0.889. The summed E-state index contributed by atoms with van der Waals surface area (Å²) in [5, 5.41) is 0. The first-order chi connectivity index (χ1) is 13.0. The Kier molecular flexibility index (Phi) is 5.82. The number of rotatable bonds is 1. The molecule has 28 heavy (non-hydrogen) atoms. The number of carbonyl (C=O) groups is 2. The molecule has 0 aromatic rings. The third kappa shape index (κ3) is 4.37. The first-order valence-electron chi connectivity index (χ1n) is 9.68. The fourth-order valence-corrected chi connectivity index (χ4v) is 4.32. The highest BCUT2D eigenvalue weighted by Gasteiger charge is 2.54. The Labute approximate surface area is 162 Å². The van der Waals surface area contributed by atoms with Gasteiger partial charge in [-0.3, -0.25) is 14.6 Å². The van der Waals surface area contributed by atoms with Crippen molar-refractivity contribution in [1.82, 2.24) is 14.7 Å². The lowest BCUT2D eigenvalue weighted by molar-refractivity contribution is -0.198. The van der Waals surface area contributed by atoms with Crippen molar-refractivity contribution in [2.45, 2.75) is 63.5 Å². The van der Waals surface area contributed by atoms with Crippen LogP contribution in [0.3, 0.4) is 0 Å². The van der Waals surface area contributed by atoms with Gasteiger partial charge >= 0.3 is 18.2 Å². The molecule has 3 fully saturated rings. The van der Waals surface area contributed by atoms with E-state index in [-0.39, 0.29) is 32.3 Å². The maximum Gasteiger partial charge on any atom is 0.471 e. The molecule has 0 aromatic heterocycles. The maximum atomic E-state index is 13.2. The van der Waals surface area contributed by atoms with Crippen LogP contribution in [0.1, 0.15) is 33.6 Å². The molecule has 0 aromatic carbocycles. The number of halogens is 3. The summed E-state index contributed by atoms with van der Waals surface area (Å²) in [7, 11) is 0. The zero-order valence-electron chi connectivity index (χ0n) is 16.5. The van der Waals surface area contributed by atoms with Crippen molar-refractivity contribution in [3.8, 4) is 0 Å². The molecule has 10 heteroatoms. The Bertz CT molecular complexity index is 602. The Morgan fingerprint density at radius 3 is 2.07 bits per heavy atom. The Balaban J connectivity index is 1.89. The van der Waals surface area contributed by atoms with Gasteiger partial charge in [-0.15, -0.1) is 0 Å². The second kappa shape index (κ2) is 7.70. The van der Waals surface area contributed by atoms with Gasteiger partial charge in [0, 0.05) is 13.1 Å². The number of hydrogen-bond acceptors (Lipinski definition) is 5. The van der Waals surface area contributed by atoms with E-state index in [4.69, 9.17) is 9.47 Å². The molecular formula is C18H28F3N3O4. The lowest BCUT2D eigenvalue weighted by Gasteiger charge is -2.53. The molecule has 0 spiro atoms. The number of fused-ring (bicyclic) bond motifs is 1. The van der Waals surface area contributed by atoms with E-state index in [9.17, 15) is 22.8 Å². The summed E-state index contributed by atoms with van der Waals surface area (Å²) in [4.78, 5) is 29.2. The van der Waals surface area contributed by atoms with Gasteiger partial charge in [-0.05, 0) is 46.7 Å². The summed E-state index contributed by atoms with van der Waals surface area (Å²) >= 11 is 0. The Morgan fingerprint density at radius 1 is 0.929 bits per heavy atom. The topological polar surface area (TPSA) is 62.3 Å². The Morgan fingerprint density at radius 2 is 1.50 bits per heavy atom. The molecule has 3 saturated heterocycles. The number of alkyl halides is 3. The van der Waals surface area contributed by atoms with Crippen LogP contribution in [0.15, 0.2) is 0 Å². The predicted molar refractivity (Wildman–Crippen MR) is 93.7 cm³/mol. The summed E-state index contributed by atoms with van der Waals surface area (Å²) < 4.78 is 50.8. The number of amides is 2. The third-order valence-electron chi connectivity index (χ3n) is 5.45. The molecule has 0 radical (unpaired) electrons. The monoisotopic (exact) mass is 407 g/mol. The number of ether oxygens (including phenoxy) is 2. The van der Waals surface area contributed by atoms with Crippen LogP contribution in [0.5, 0.6) is 0 Å². The normalized spacial score (nSPS) is 29.6. The molecule has 0 saturated carbocycles. The van der Waals surface area contributed by atoms with Crippen molar-refractivity contribution in [2.75, 3.05) is 39.4 Å². The van der Waals surface area contributed by atoms with Crippen LogP contribution in [-0.2, 0) is 14.3 Å². The van der Waals surface area contributed by atoms with Crippen LogP contribution < -0.4 is 0 Å². The molecule has 2 unspecified atom stereocenters. The first kappa shape index (κ1) is 21.2. The predicted octanol–water partition coefficient (Wildman–Crippen LogP) is 1.86. The lowest BCUT2D eigenvalue weighted by atomic mass is 9.91. The number of piperazine rings is 1. The van der Waals surface area contributed by atoms with Crippen LogP contribution in [0, 0.1) is 0 Å². The van der Waals surface area contributed by atoms with Crippen LogP contribution in [0.25, 0.3) is 0 Å². The van der Waals surface area contributed by atoms with Gasteiger partial charge in [0.15, 0.2) is 0 Å². The zero-order chi connectivity index (χ0) is 20.7. The van der Waals surface area contributed by atoms with Gasteiger partial charge in [-0.2, -0.15) is 13.2 Å². The van der Waals surface area contributed by atoms with Crippen molar-refractivity contribution < 1.29 is 32.2 Å². The van der Waals surface area contributed by atoms with Gasteiger partial charge in [0.25, 0.3) is 0 Å². The van der Waals surface area contributed by atoms with Crippen molar-refractivity contribution in [1.29, 1.82) is 0 Å². The van der Waals surface area contributed by atoms with E-state index < -0.39 is 35.9 Å². The van der Waals surface area contributed by atoms with E-state index in [1.807, 2.05) is 0 Å². The van der Waals surface area contributed by atoms with E-state index >= 15 is 0 Å². The van der Waals surface area contributed by atoms with Gasteiger partial charge in [-0.1, -0.05) is 0 Å². The minimum Gasteiger partial charge on any atom is -0.444 e. The third-order valence-corrected chi connectivity index (χ3v) is 5.45. The molecule has 0 N–H and O–H groups in total. The minimum atomic E-state index is -4.95. The van der Waals surface area contributed by atoms with Crippen LogP contribution in [0.2, 0.25) is 0 Å². The fourth-order valence-electron chi connectivity index (χ4n) is 4.32. The highest BCUT2D eigenvalue weighted by molar-refractivity contribution is 5.83. The van der Waals surface area contributed by atoms with Gasteiger partial charge in [-0.25, -0.2) is 4.79 Å². The molecule has 3 aliphatic heterocycles. The Hall–Kier alpha value is -1.55. The van der Waals surface area contributed by atoms with Crippen LogP contribution in [0.4, 0.5) is 18.0 Å². The lowest BCUT2D eigenvalue weighted by Crippen LogP contribution is -2.73. The molecule has 3 heterocycles. The standard InChI is InChI=1S/C18H28F3N3O4/c1-17(2,3)28-16(26)23-8-9-24(15(25)18(19,20)21)14-12(10-27-11-13(14)23)22-6-4-5-7-22/h12-14H,4-11H2,1-3H3/t12?,13?,14-/m1/s1. The van der Waals surface area contributed by atoms with E-state index in [1.165, 1.54) is 4.90 Å². The smallest absolute Gasteiger partial charge is 0.444 e. The number of nitrogens with zero attached hydrogens (tertiary/aromatic N) is 3. The second-order valence-corrected chi connectivity index (χ2v) is 8.58. The van der Waals surface area contributed by atoms with Gasteiger partial charge in [0.2, 0.25) is 0 Å². The SMILES string of the molecule is CC(C)(C)OC(=O)N1CCN(C(=O)C(F)(F)F)[C@@H]2C(N3CCCC3)COCC21. The van der Waals surface area contributed by atoms with E-state index in [1.54, 1.807) is 20.8 Å². The zero-order valence-corrected chi connectivity index (χ0v) is 16.5. The number of likely N-dealkylation sites (tertiary alicyclic amines) is 1. The summed E-state index contributed by atoms with van der Waals surface area (Å²) in [6.07, 6.45) is -3.63. The van der Waals surface area contributed by atoms with Crippen molar-refractivity contribution in [3.63, 3.8) is 0 Å². The quantitative estimate of drug-likeness (QED) is 0.664. The van der Waals surface area contributed by atoms with E-state index in [0.717, 1.165) is 30.8 Å². The average Bonchev–Trinajstić information content (AvgIpc) is 3.11. The number of hydrogen-bond donors (Lipinski definition) is 0. The summed E-state index contributed by atoms with van der Waals surface area (Å²) in [5.41, 5.74) is -0.727. The van der Waals surface area contributed by atoms with Crippen molar-refractivity contribution in [3.05, 3.63) is 0 Å². The molecule has 3 atom stereocenters. The highest BCUT2D eigenvalue weighted by atomic mass is 19.4. The number of carbonyl (C=O) groups excluding carboxylic acids is 2. The maximum absolute atomic E-state index is 13.2. The van der Waals surface area contributed by atoms with Gasteiger partial charge in [0.05, 0.1) is 31.3 Å². The van der Waals surface area contributed by atoms with Crippen LogP contribution >= 0.6 is 0 Å². The first-order valence-corrected chi connectivity index (χ1v) is 9.68. The summed E-state index contributed by atoms with van der Waals surface area (Å²) in [6.45, 7) is 6.82. The molecule has 3 aliphatic rings. The average molecular weight is 407 g/mol. The second-order valence-electron chi connectivity index (χ2n) is 8.58. The molecule has 0 bridgehead atoms. The minimum absolute atomic E-state index is 0.0199. The largest absolute Gasteiger partial charge is 0.471 e. The molecule has 0 aliphatic carbocycles. The molecular weight excluding hydrogens is 379 g/mol. The summed E-state index contributed by atoms with van der Waals surface area (Å²) in [5.74, 6) is -1.85. The summed E-state index contributed by atoms with van der Waals surface area (Å²) in [6, 6.07) is -1.82. The molecule has 160 valence electrons. The molecule has 7 nitrogen and oxygen atoms in total. The van der Waals surface area contributed by atoms with E-state index in [2.05, 4.69) is 4.90 Å². The molecule has 3 rings (SSSR count). The van der Waals surface area contributed by atoms with Gasteiger partial charge < -0.3 is 14.4 Å².